The predicted octanol–water partition coefficient (Wildman–Crippen LogP) is -0.192. The average molecular weight is 215 g/mol. The van der Waals surface area contributed by atoms with Crippen molar-refractivity contribution in [3.63, 3.8) is 0 Å². The van der Waals surface area contributed by atoms with E-state index in [4.69, 9.17) is 28.3 Å². The zero-order valence-electron chi connectivity index (χ0n) is 7.34. The van der Waals surface area contributed by atoms with Crippen molar-refractivity contribution in [3.8, 4) is 0 Å². The molecule has 0 saturated carbocycles. The van der Waals surface area contributed by atoms with E-state index in [1.165, 1.54) is 18.2 Å². The molecule has 1 N–H and O–H groups in total. The molecule has 60 valence electrons. The van der Waals surface area contributed by atoms with Gasteiger partial charge in [-0.3, -0.25) is 0 Å². The Morgan fingerprint density at radius 2 is 2.00 bits per heavy atom. The summed E-state index contributed by atoms with van der Waals surface area (Å²) in [4.78, 5) is 10.4. The van der Waals surface area contributed by atoms with Crippen LogP contribution in [0.3, 0.4) is 0 Å². The molecule has 0 heterocycles. The van der Waals surface area contributed by atoms with Gasteiger partial charge < -0.3 is 6.53 Å². The van der Waals surface area contributed by atoms with Crippen molar-refractivity contribution in [2.24, 2.45) is 0 Å². The molecule has 0 aliphatic heterocycles. The minimum absolute atomic E-state index is 0. The number of aromatic carboxylic acids is 1. The topological polar surface area (TPSA) is 37.3 Å². The molecule has 0 saturated heterocycles. The number of hydrogen-bond donors (Lipinski definition) is 1. The number of carboxylic acid groups (broad SMARTS) is 1. The fourth-order valence-electron chi connectivity index (χ4n) is 0.669. The Bertz CT molecular complexity index is 307. The third-order valence-corrected chi connectivity index (χ3v) is 2.00. The molecule has 0 aliphatic carbocycles. The van der Waals surface area contributed by atoms with Crippen molar-refractivity contribution in [2.45, 2.75) is 0 Å². The van der Waals surface area contributed by atoms with Gasteiger partial charge in [0.25, 0.3) is 0 Å². The molecule has 12 heavy (non-hydrogen) atoms. The summed E-state index contributed by atoms with van der Waals surface area (Å²) in [5.41, 5.74) is 0.0270. The van der Waals surface area contributed by atoms with Crippen LogP contribution in [0, 0.1) is 0 Å². The van der Waals surface area contributed by atoms with Crippen molar-refractivity contribution in [3.05, 3.63) is 33.8 Å². The summed E-state index contributed by atoms with van der Waals surface area (Å²) in [5.74, 6) is -1.07. The first-order chi connectivity index (χ1) is 5.13. The summed E-state index contributed by atoms with van der Waals surface area (Å²) in [6.07, 6.45) is 0. The summed E-state index contributed by atoms with van der Waals surface area (Å²) >= 11 is 11.1. The molecule has 1 aromatic carbocycles. The first-order valence-electron chi connectivity index (χ1n) is 2.80. The molecule has 0 spiro atoms. The maximum Gasteiger partial charge on any atom is 1.00 e. The van der Waals surface area contributed by atoms with Crippen molar-refractivity contribution in [2.75, 3.05) is 0 Å². The normalized spacial score (nSPS) is 8.83. The summed E-state index contributed by atoms with van der Waals surface area (Å²) in [6.45, 7) is 0. The standard InChI is InChI=1S/C7H4Cl2O2.Na.H/c8-5-3-1-2-4(6(5)9)7(10)11;;/h1-3H,(H,10,11);;/q;+1;-1. The molecule has 0 unspecified atom stereocenters. The van der Waals surface area contributed by atoms with Crippen molar-refractivity contribution in [1.82, 2.24) is 0 Å². The van der Waals surface area contributed by atoms with Crippen LogP contribution < -0.4 is 29.6 Å². The second-order valence-corrected chi connectivity index (χ2v) is 2.69. The Kier molecular flexibility index (Phi) is 5.21. The molecule has 0 amide bonds. The van der Waals surface area contributed by atoms with Crippen LogP contribution in [0.15, 0.2) is 18.2 Å². The molecule has 0 radical (unpaired) electrons. The number of hydrogen-bond acceptors (Lipinski definition) is 1. The molecule has 0 atom stereocenters. The van der Waals surface area contributed by atoms with E-state index in [0.29, 0.717) is 0 Å². The van der Waals surface area contributed by atoms with Gasteiger partial charge in [0.05, 0.1) is 15.6 Å². The largest absolute Gasteiger partial charge is 1.00 e. The van der Waals surface area contributed by atoms with Crippen LogP contribution in [0.5, 0.6) is 0 Å². The third kappa shape index (κ3) is 2.64. The molecule has 1 aromatic rings. The fraction of sp³-hybridized carbons (Fsp3) is 0. The van der Waals surface area contributed by atoms with Crippen LogP contribution in [0.1, 0.15) is 11.8 Å². The molecule has 0 fully saturated rings. The Morgan fingerprint density at radius 1 is 1.42 bits per heavy atom. The third-order valence-electron chi connectivity index (χ3n) is 1.18. The van der Waals surface area contributed by atoms with E-state index in [9.17, 15) is 4.79 Å². The molecule has 0 aromatic heterocycles. The van der Waals surface area contributed by atoms with E-state index in [2.05, 4.69) is 0 Å². The van der Waals surface area contributed by atoms with Crippen LogP contribution in [0.2, 0.25) is 10.0 Å². The van der Waals surface area contributed by atoms with E-state index < -0.39 is 5.97 Å². The summed E-state index contributed by atoms with van der Waals surface area (Å²) < 4.78 is 0. The van der Waals surface area contributed by atoms with Crippen LogP contribution in [-0.4, -0.2) is 11.1 Å². The van der Waals surface area contributed by atoms with Crippen molar-refractivity contribution < 1.29 is 40.9 Å². The van der Waals surface area contributed by atoms with Crippen LogP contribution in [0.25, 0.3) is 0 Å². The van der Waals surface area contributed by atoms with Crippen molar-refractivity contribution >= 4 is 29.2 Å². The molecule has 1 rings (SSSR count). The minimum Gasteiger partial charge on any atom is -1.00 e. The number of halogens is 2. The van der Waals surface area contributed by atoms with E-state index >= 15 is 0 Å². The smallest absolute Gasteiger partial charge is 1.00 e. The second kappa shape index (κ2) is 5.10. The second-order valence-electron chi connectivity index (χ2n) is 1.91. The van der Waals surface area contributed by atoms with Gasteiger partial charge in [-0.1, -0.05) is 29.3 Å². The number of benzene rings is 1. The van der Waals surface area contributed by atoms with Gasteiger partial charge in [0.15, 0.2) is 0 Å². The van der Waals surface area contributed by atoms with E-state index in [1.807, 2.05) is 0 Å². The van der Waals surface area contributed by atoms with E-state index in [0.717, 1.165) is 0 Å². The van der Waals surface area contributed by atoms with Crippen LogP contribution in [-0.2, 0) is 0 Å². The predicted molar refractivity (Wildman–Crippen MR) is 44.5 cm³/mol. The van der Waals surface area contributed by atoms with Gasteiger partial charge in [0, 0.05) is 0 Å². The number of rotatable bonds is 1. The summed E-state index contributed by atoms with van der Waals surface area (Å²) in [5, 5.41) is 8.89. The Labute approximate surface area is 103 Å². The van der Waals surface area contributed by atoms with Gasteiger partial charge in [-0.15, -0.1) is 0 Å². The molecular weight excluding hydrogens is 210 g/mol. The van der Waals surface area contributed by atoms with Gasteiger partial charge in [-0.25, -0.2) is 4.79 Å². The minimum atomic E-state index is -1.07. The number of carboxylic acids is 1. The first-order valence-corrected chi connectivity index (χ1v) is 3.56. The molecule has 2 nitrogen and oxygen atoms in total. The molecule has 0 aliphatic rings. The molecular formula is C7H5Cl2NaO2. The van der Waals surface area contributed by atoms with Gasteiger partial charge in [-0.2, -0.15) is 0 Å². The molecule has 5 heteroatoms. The number of carbonyl (C=O) groups is 1. The van der Waals surface area contributed by atoms with Gasteiger partial charge in [-0.05, 0) is 12.1 Å². The van der Waals surface area contributed by atoms with E-state index in [-0.39, 0.29) is 46.6 Å². The van der Waals surface area contributed by atoms with Crippen molar-refractivity contribution in [1.29, 1.82) is 0 Å². The monoisotopic (exact) mass is 214 g/mol. The van der Waals surface area contributed by atoms with Crippen LogP contribution >= 0.6 is 23.2 Å². The summed E-state index contributed by atoms with van der Waals surface area (Å²) in [6, 6.07) is 4.48. The maximum atomic E-state index is 10.4. The summed E-state index contributed by atoms with van der Waals surface area (Å²) in [7, 11) is 0. The zero-order valence-corrected chi connectivity index (χ0v) is 9.86. The SMILES string of the molecule is O=C(O)c1cccc(Cl)c1Cl.[H-].[Na+]. The Balaban J connectivity index is 0. The Hall–Kier alpha value is 0.270. The average Bonchev–Trinajstić information content (AvgIpc) is 1.94. The van der Waals surface area contributed by atoms with Gasteiger partial charge in [0.2, 0.25) is 0 Å². The van der Waals surface area contributed by atoms with Crippen LogP contribution in [0.4, 0.5) is 0 Å². The molecule has 0 bridgehead atoms. The maximum absolute atomic E-state index is 10.4. The quantitative estimate of drug-likeness (QED) is 0.659. The Morgan fingerprint density at radius 3 is 2.42 bits per heavy atom. The zero-order chi connectivity index (χ0) is 8.43. The van der Waals surface area contributed by atoms with Gasteiger partial charge >= 0.3 is 35.5 Å². The fourth-order valence-corrected chi connectivity index (χ4v) is 1.05. The van der Waals surface area contributed by atoms with E-state index in [1.54, 1.807) is 0 Å². The first kappa shape index (κ1) is 12.3. The van der Waals surface area contributed by atoms with Gasteiger partial charge in [0.1, 0.15) is 0 Å².